The number of ether oxygens (including phenoxy) is 2. The van der Waals surface area contributed by atoms with E-state index in [1.54, 1.807) is 24.3 Å². The molecule has 0 unspecified atom stereocenters. The molecule has 3 heterocycles. The van der Waals surface area contributed by atoms with Crippen LogP contribution in [0.2, 0.25) is 0 Å². The maximum Gasteiger partial charge on any atom is 0.417 e. The summed E-state index contributed by atoms with van der Waals surface area (Å²) in [4.78, 5) is 15.0. The fourth-order valence-electron chi connectivity index (χ4n) is 3.38. The minimum Gasteiger partial charge on any atom is -0.496 e. The first-order valence-corrected chi connectivity index (χ1v) is 10.4. The number of halogens is 5. The second-order valence-electron chi connectivity index (χ2n) is 7.44. The lowest BCUT2D eigenvalue weighted by atomic mass is 10.1. The molecule has 0 saturated heterocycles. The Morgan fingerprint density at radius 1 is 1.00 bits per heavy atom. The highest BCUT2D eigenvalue weighted by Crippen LogP contribution is 2.36. The van der Waals surface area contributed by atoms with Gasteiger partial charge in [-0.3, -0.25) is 4.98 Å². The predicted octanol–water partition coefficient (Wildman–Crippen LogP) is 5.98. The van der Waals surface area contributed by atoms with Crippen LogP contribution in [0, 0.1) is 11.8 Å². The Bertz CT molecular complexity index is 1340. The highest BCUT2D eigenvalue weighted by molar-refractivity contribution is 5.73. The molecule has 0 bridgehead atoms. The number of aryl methyl sites for hydroxylation is 1. The number of aromatic nitrogens is 4. The van der Waals surface area contributed by atoms with E-state index in [0.717, 1.165) is 5.69 Å². The average Bonchev–Trinajstić information content (AvgIpc) is 3.27. The molecule has 6 nitrogen and oxygen atoms in total. The first-order chi connectivity index (χ1) is 16.7. The minimum atomic E-state index is -4.69. The lowest BCUT2D eigenvalue weighted by Crippen LogP contribution is -2.09. The summed E-state index contributed by atoms with van der Waals surface area (Å²) in [7, 11) is 1.46. The number of benzene rings is 1. The lowest BCUT2D eigenvalue weighted by Gasteiger charge is -2.12. The van der Waals surface area contributed by atoms with Crippen LogP contribution in [0.25, 0.3) is 22.6 Å². The van der Waals surface area contributed by atoms with Crippen LogP contribution in [0.1, 0.15) is 23.9 Å². The van der Waals surface area contributed by atoms with Gasteiger partial charge in [0.15, 0.2) is 0 Å². The number of methoxy groups -OCH3 is 1. The summed E-state index contributed by atoms with van der Waals surface area (Å²) in [6, 6.07) is 8.05. The van der Waals surface area contributed by atoms with Gasteiger partial charge in [0.2, 0.25) is 5.95 Å². The SMILES string of the molecule is CCc1[nH]c(-c2ccc(F)nc2)nc1-c1ccc(OCc2ncc(C(F)(F)F)cc2F)cc1OC. The zero-order chi connectivity index (χ0) is 25.2. The Morgan fingerprint density at radius 3 is 2.43 bits per heavy atom. The van der Waals surface area contributed by atoms with Crippen molar-refractivity contribution in [1.29, 1.82) is 0 Å². The largest absolute Gasteiger partial charge is 0.496 e. The van der Waals surface area contributed by atoms with Crippen LogP contribution < -0.4 is 9.47 Å². The molecule has 4 aromatic rings. The van der Waals surface area contributed by atoms with E-state index in [4.69, 9.17) is 9.47 Å². The molecule has 0 fully saturated rings. The Morgan fingerprint density at radius 2 is 1.80 bits per heavy atom. The molecule has 0 aliphatic carbocycles. The number of aromatic amines is 1. The third-order valence-electron chi connectivity index (χ3n) is 5.18. The van der Waals surface area contributed by atoms with Crippen LogP contribution in [0.3, 0.4) is 0 Å². The standard InChI is InChI=1S/C24H19F5N4O2/c1-3-18-22(33-23(32-18)13-4-7-21(26)31-10-13)16-6-5-15(9-20(16)34-2)35-12-19-17(25)8-14(11-30-19)24(27,28)29/h4-11H,3,12H2,1-2H3,(H,32,33). The number of nitrogens with zero attached hydrogens (tertiary/aromatic N) is 3. The Labute approximate surface area is 196 Å². The van der Waals surface area contributed by atoms with Gasteiger partial charge in [-0.05, 0) is 36.8 Å². The van der Waals surface area contributed by atoms with Crippen LogP contribution in [0.4, 0.5) is 22.0 Å². The summed E-state index contributed by atoms with van der Waals surface area (Å²) in [5, 5.41) is 0. The van der Waals surface area contributed by atoms with Crippen molar-refractivity contribution in [3.05, 3.63) is 77.5 Å². The van der Waals surface area contributed by atoms with Crippen molar-refractivity contribution < 1.29 is 31.4 Å². The monoisotopic (exact) mass is 490 g/mol. The second kappa shape index (κ2) is 9.69. The van der Waals surface area contributed by atoms with Gasteiger partial charge in [0.05, 0.1) is 18.4 Å². The summed E-state index contributed by atoms with van der Waals surface area (Å²) in [5.41, 5.74) is 1.24. The molecule has 35 heavy (non-hydrogen) atoms. The van der Waals surface area contributed by atoms with Gasteiger partial charge >= 0.3 is 6.18 Å². The van der Waals surface area contributed by atoms with Crippen molar-refractivity contribution in [2.45, 2.75) is 26.1 Å². The molecule has 3 aromatic heterocycles. The molecule has 0 atom stereocenters. The molecule has 0 aliphatic heterocycles. The van der Waals surface area contributed by atoms with Crippen molar-refractivity contribution in [1.82, 2.24) is 19.9 Å². The lowest BCUT2D eigenvalue weighted by molar-refractivity contribution is -0.138. The van der Waals surface area contributed by atoms with Crippen molar-refractivity contribution in [3.8, 4) is 34.1 Å². The molecular formula is C24H19F5N4O2. The van der Waals surface area contributed by atoms with Crippen molar-refractivity contribution in [2.24, 2.45) is 0 Å². The summed E-state index contributed by atoms with van der Waals surface area (Å²) in [6.45, 7) is 1.57. The maximum absolute atomic E-state index is 14.1. The molecule has 0 saturated carbocycles. The van der Waals surface area contributed by atoms with Gasteiger partial charge < -0.3 is 14.5 Å². The number of rotatable bonds is 7. The zero-order valence-electron chi connectivity index (χ0n) is 18.6. The first kappa shape index (κ1) is 24.1. The van der Waals surface area contributed by atoms with Gasteiger partial charge in [-0.25, -0.2) is 14.4 Å². The van der Waals surface area contributed by atoms with Crippen LogP contribution >= 0.6 is 0 Å². The quantitative estimate of drug-likeness (QED) is 0.255. The maximum atomic E-state index is 14.1. The van der Waals surface area contributed by atoms with Crippen LogP contribution in [0.5, 0.6) is 11.5 Å². The van der Waals surface area contributed by atoms with E-state index in [1.165, 1.54) is 19.4 Å². The molecule has 0 spiro atoms. The average molecular weight is 490 g/mol. The zero-order valence-corrected chi connectivity index (χ0v) is 18.6. The van der Waals surface area contributed by atoms with E-state index >= 15 is 0 Å². The van der Waals surface area contributed by atoms with E-state index in [2.05, 4.69) is 19.9 Å². The second-order valence-corrected chi connectivity index (χ2v) is 7.44. The number of pyridine rings is 2. The molecule has 1 aromatic carbocycles. The third-order valence-corrected chi connectivity index (χ3v) is 5.18. The molecular weight excluding hydrogens is 471 g/mol. The Kier molecular flexibility index (Phi) is 6.68. The van der Waals surface area contributed by atoms with Crippen LogP contribution in [-0.4, -0.2) is 27.0 Å². The number of alkyl halides is 3. The van der Waals surface area contributed by atoms with Crippen molar-refractivity contribution in [2.75, 3.05) is 7.11 Å². The number of H-pyrrole nitrogens is 1. The normalized spacial score (nSPS) is 11.5. The van der Waals surface area contributed by atoms with E-state index in [-0.39, 0.29) is 12.3 Å². The predicted molar refractivity (Wildman–Crippen MR) is 117 cm³/mol. The van der Waals surface area contributed by atoms with Gasteiger partial charge in [-0.1, -0.05) is 6.92 Å². The summed E-state index contributed by atoms with van der Waals surface area (Å²) >= 11 is 0. The van der Waals surface area contributed by atoms with Gasteiger partial charge in [-0.2, -0.15) is 17.6 Å². The molecule has 0 radical (unpaired) electrons. The Balaban J connectivity index is 1.58. The van der Waals surface area contributed by atoms with Gasteiger partial charge in [0.25, 0.3) is 0 Å². The van der Waals surface area contributed by atoms with Crippen LogP contribution in [-0.2, 0) is 19.2 Å². The van der Waals surface area contributed by atoms with E-state index < -0.39 is 23.5 Å². The van der Waals surface area contributed by atoms with E-state index in [0.29, 0.717) is 52.8 Å². The smallest absolute Gasteiger partial charge is 0.417 e. The molecule has 11 heteroatoms. The van der Waals surface area contributed by atoms with Gasteiger partial charge in [-0.15, -0.1) is 0 Å². The highest BCUT2D eigenvalue weighted by atomic mass is 19.4. The molecule has 4 rings (SSSR count). The number of nitrogens with one attached hydrogen (secondary N) is 1. The Hall–Kier alpha value is -4.02. The summed E-state index contributed by atoms with van der Waals surface area (Å²) < 4.78 is 76.4. The number of imidazole rings is 1. The molecule has 182 valence electrons. The molecule has 0 amide bonds. The third kappa shape index (κ3) is 5.23. The van der Waals surface area contributed by atoms with E-state index in [9.17, 15) is 22.0 Å². The summed E-state index contributed by atoms with van der Waals surface area (Å²) in [6.07, 6.45) is -2.13. The van der Waals surface area contributed by atoms with Crippen LogP contribution in [0.15, 0.2) is 48.8 Å². The minimum absolute atomic E-state index is 0.265. The fraction of sp³-hybridized carbons (Fsp3) is 0.208. The fourth-order valence-corrected chi connectivity index (χ4v) is 3.38. The van der Waals surface area contributed by atoms with E-state index in [1.807, 2.05) is 6.92 Å². The first-order valence-electron chi connectivity index (χ1n) is 10.4. The number of hydrogen-bond acceptors (Lipinski definition) is 5. The summed E-state index contributed by atoms with van der Waals surface area (Å²) in [5.74, 6) is -0.498. The van der Waals surface area contributed by atoms with Crippen molar-refractivity contribution in [3.63, 3.8) is 0 Å². The van der Waals surface area contributed by atoms with Crippen molar-refractivity contribution >= 4 is 0 Å². The highest BCUT2D eigenvalue weighted by Gasteiger charge is 2.32. The molecule has 1 N–H and O–H groups in total. The molecule has 0 aliphatic rings. The van der Waals surface area contributed by atoms with Gasteiger partial charge in [0.1, 0.15) is 35.4 Å². The number of hydrogen-bond donors (Lipinski definition) is 1. The topological polar surface area (TPSA) is 72.9 Å². The van der Waals surface area contributed by atoms with Gasteiger partial charge in [0, 0.05) is 35.3 Å².